The van der Waals surface area contributed by atoms with Gasteiger partial charge in [0.2, 0.25) is 0 Å². The summed E-state index contributed by atoms with van der Waals surface area (Å²) in [6.45, 7) is 3.65. The van der Waals surface area contributed by atoms with Crippen LogP contribution in [0.25, 0.3) is 0 Å². The Morgan fingerprint density at radius 3 is 2.80 bits per heavy atom. The lowest BCUT2D eigenvalue weighted by atomic mass is 9.92. The number of carbonyl (C=O) groups is 1. The van der Waals surface area contributed by atoms with Gasteiger partial charge in [0.05, 0.1) is 5.56 Å². The number of nitrogen functional groups attached to an aromatic ring is 1. The Balaban J connectivity index is 3.09. The zero-order chi connectivity index (χ0) is 11.5. The standard InChI is InChI=1S/C11H16N2O2/c1-4-11(2,15-3)10(14)8-7-13-6-5-9(8)12/h5-7H,4H2,1-3H3,(H2,12,13). The third-order valence-electron chi connectivity index (χ3n) is 2.70. The molecule has 2 N–H and O–H groups in total. The zero-order valence-electron chi connectivity index (χ0n) is 9.28. The molecule has 4 heteroatoms. The molecular formula is C11H16N2O2. The van der Waals surface area contributed by atoms with Crippen molar-refractivity contribution in [1.29, 1.82) is 0 Å². The normalized spacial score (nSPS) is 14.6. The van der Waals surface area contributed by atoms with E-state index in [0.29, 0.717) is 17.7 Å². The van der Waals surface area contributed by atoms with Gasteiger partial charge in [0, 0.05) is 25.2 Å². The van der Waals surface area contributed by atoms with Crippen LogP contribution in [0.3, 0.4) is 0 Å². The van der Waals surface area contributed by atoms with Crippen molar-refractivity contribution in [2.75, 3.05) is 12.8 Å². The van der Waals surface area contributed by atoms with Crippen LogP contribution in [0.15, 0.2) is 18.5 Å². The lowest BCUT2D eigenvalue weighted by Crippen LogP contribution is -2.37. The van der Waals surface area contributed by atoms with E-state index >= 15 is 0 Å². The lowest BCUT2D eigenvalue weighted by Gasteiger charge is -2.25. The van der Waals surface area contributed by atoms with Crippen LogP contribution in [0.1, 0.15) is 30.6 Å². The molecule has 1 heterocycles. The first kappa shape index (κ1) is 11.7. The Morgan fingerprint density at radius 1 is 1.67 bits per heavy atom. The second-order valence-electron chi connectivity index (χ2n) is 3.58. The maximum Gasteiger partial charge on any atom is 0.197 e. The number of methoxy groups -OCH3 is 1. The van der Waals surface area contributed by atoms with Gasteiger partial charge in [-0.2, -0.15) is 0 Å². The van der Waals surface area contributed by atoms with E-state index in [2.05, 4.69) is 4.98 Å². The zero-order valence-corrected chi connectivity index (χ0v) is 9.28. The Kier molecular flexibility index (Phi) is 3.42. The third kappa shape index (κ3) is 2.15. The Labute approximate surface area is 89.5 Å². The molecular weight excluding hydrogens is 192 g/mol. The molecule has 0 spiro atoms. The number of anilines is 1. The van der Waals surface area contributed by atoms with Crippen LogP contribution in [0, 0.1) is 0 Å². The van der Waals surface area contributed by atoms with Crippen LogP contribution >= 0.6 is 0 Å². The number of aromatic nitrogens is 1. The first-order valence-electron chi connectivity index (χ1n) is 4.84. The Hall–Kier alpha value is -1.42. The van der Waals surface area contributed by atoms with Gasteiger partial charge in [-0.05, 0) is 19.4 Å². The molecule has 0 aliphatic heterocycles. The first-order chi connectivity index (χ1) is 7.05. The Morgan fingerprint density at radius 2 is 2.33 bits per heavy atom. The van der Waals surface area contributed by atoms with E-state index in [4.69, 9.17) is 10.5 Å². The highest BCUT2D eigenvalue weighted by atomic mass is 16.5. The largest absolute Gasteiger partial charge is 0.398 e. The number of pyridine rings is 1. The van der Waals surface area contributed by atoms with Gasteiger partial charge in [0.15, 0.2) is 5.78 Å². The molecule has 1 aromatic heterocycles. The summed E-state index contributed by atoms with van der Waals surface area (Å²) in [6, 6.07) is 1.61. The maximum atomic E-state index is 12.1. The number of ketones is 1. The van der Waals surface area contributed by atoms with Gasteiger partial charge in [-0.15, -0.1) is 0 Å². The van der Waals surface area contributed by atoms with Crippen LogP contribution in [0.4, 0.5) is 5.69 Å². The summed E-state index contributed by atoms with van der Waals surface area (Å²) in [5.41, 5.74) is 5.75. The fourth-order valence-corrected chi connectivity index (χ4v) is 1.28. The van der Waals surface area contributed by atoms with E-state index in [1.165, 1.54) is 13.3 Å². The van der Waals surface area contributed by atoms with Gasteiger partial charge in [-0.3, -0.25) is 9.78 Å². The molecule has 1 atom stereocenters. The second kappa shape index (κ2) is 4.40. The number of ether oxygens (including phenoxy) is 1. The number of hydrogen-bond acceptors (Lipinski definition) is 4. The fourth-order valence-electron chi connectivity index (χ4n) is 1.28. The number of carbonyl (C=O) groups excluding carboxylic acids is 1. The number of rotatable bonds is 4. The summed E-state index contributed by atoms with van der Waals surface area (Å²) in [4.78, 5) is 16.0. The van der Waals surface area contributed by atoms with E-state index in [1.807, 2.05) is 6.92 Å². The van der Waals surface area contributed by atoms with Crippen LogP contribution in [-0.4, -0.2) is 23.5 Å². The monoisotopic (exact) mass is 208 g/mol. The molecule has 0 aromatic carbocycles. The molecule has 0 radical (unpaired) electrons. The van der Waals surface area contributed by atoms with Crippen molar-refractivity contribution in [3.63, 3.8) is 0 Å². The smallest absolute Gasteiger partial charge is 0.197 e. The van der Waals surface area contributed by atoms with Gasteiger partial charge in [-0.25, -0.2) is 0 Å². The quantitative estimate of drug-likeness (QED) is 0.764. The van der Waals surface area contributed by atoms with Crippen molar-refractivity contribution >= 4 is 11.5 Å². The van der Waals surface area contributed by atoms with Crippen molar-refractivity contribution in [1.82, 2.24) is 4.98 Å². The number of hydrogen-bond donors (Lipinski definition) is 1. The van der Waals surface area contributed by atoms with Crippen LogP contribution in [0.5, 0.6) is 0 Å². The molecule has 0 saturated heterocycles. The van der Waals surface area contributed by atoms with Gasteiger partial charge in [-0.1, -0.05) is 6.92 Å². The summed E-state index contributed by atoms with van der Waals surface area (Å²) < 4.78 is 5.23. The second-order valence-corrected chi connectivity index (χ2v) is 3.58. The van der Waals surface area contributed by atoms with E-state index < -0.39 is 5.60 Å². The average Bonchev–Trinajstić information content (AvgIpc) is 2.28. The Bertz CT molecular complexity index is 359. The van der Waals surface area contributed by atoms with Gasteiger partial charge >= 0.3 is 0 Å². The summed E-state index contributed by atoms with van der Waals surface area (Å²) in [6.07, 6.45) is 3.63. The minimum Gasteiger partial charge on any atom is -0.398 e. The molecule has 0 fully saturated rings. The van der Waals surface area contributed by atoms with Crippen LogP contribution < -0.4 is 5.73 Å². The predicted molar refractivity (Wildman–Crippen MR) is 58.7 cm³/mol. The fraction of sp³-hybridized carbons (Fsp3) is 0.455. The van der Waals surface area contributed by atoms with Gasteiger partial charge in [0.1, 0.15) is 5.60 Å². The van der Waals surface area contributed by atoms with E-state index in [0.717, 1.165) is 0 Å². The topological polar surface area (TPSA) is 65.2 Å². The third-order valence-corrected chi connectivity index (χ3v) is 2.70. The highest BCUT2D eigenvalue weighted by Gasteiger charge is 2.32. The molecule has 0 aliphatic rings. The molecule has 0 bridgehead atoms. The van der Waals surface area contributed by atoms with E-state index in [-0.39, 0.29) is 5.78 Å². The molecule has 15 heavy (non-hydrogen) atoms. The van der Waals surface area contributed by atoms with E-state index in [9.17, 15) is 4.79 Å². The minimum absolute atomic E-state index is 0.127. The van der Waals surface area contributed by atoms with Crippen LogP contribution in [0.2, 0.25) is 0 Å². The van der Waals surface area contributed by atoms with Crippen molar-refractivity contribution in [3.05, 3.63) is 24.0 Å². The van der Waals surface area contributed by atoms with Crippen molar-refractivity contribution in [2.45, 2.75) is 25.9 Å². The minimum atomic E-state index is -0.822. The summed E-state index contributed by atoms with van der Waals surface area (Å²) in [5.74, 6) is -0.127. The molecule has 1 aromatic rings. The molecule has 1 rings (SSSR count). The summed E-state index contributed by atoms with van der Waals surface area (Å²) in [7, 11) is 1.52. The van der Waals surface area contributed by atoms with E-state index in [1.54, 1.807) is 19.2 Å². The number of Topliss-reactive ketones (excluding diaryl/α,β-unsaturated/α-hetero) is 1. The van der Waals surface area contributed by atoms with Gasteiger partial charge < -0.3 is 10.5 Å². The highest BCUT2D eigenvalue weighted by molar-refractivity contribution is 6.05. The summed E-state index contributed by atoms with van der Waals surface area (Å²) in [5, 5.41) is 0. The average molecular weight is 208 g/mol. The molecule has 1 unspecified atom stereocenters. The molecule has 82 valence electrons. The maximum absolute atomic E-state index is 12.1. The lowest BCUT2D eigenvalue weighted by molar-refractivity contribution is 0.0106. The van der Waals surface area contributed by atoms with Crippen LogP contribution in [-0.2, 0) is 4.74 Å². The predicted octanol–water partition coefficient (Wildman–Crippen LogP) is 1.66. The SMILES string of the molecule is CCC(C)(OC)C(=O)c1cnccc1N. The first-order valence-corrected chi connectivity index (χ1v) is 4.84. The number of nitrogens with zero attached hydrogens (tertiary/aromatic N) is 1. The number of nitrogens with two attached hydrogens (primary N) is 1. The summed E-state index contributed by atoms with van der Waals surface area (Å²) >= 11 is 0. The van der Waals surface area contributed by atoms with Crippen molar-refractivity contribution in [2.24, 2.45) is 0 Å². The highest BCUT2D eigenvalue weighted by Crippen LogP contribution is 2.23. The molecule has 0 saturated carbocycles. The molecule has 4 nitrogen and oxygen atoms in total. The molecule has 0 aliphatic carbocycles. The van der Waals surface area contributed by atoms with Crippen molar-refractivity contribution in [3.8, 4) is 0 Å². The molecule has 0 amide bonds. The van der Waals surface area contributed by atoms with Crippen molar-refractivity contribution < 1.29 is 9.53 Å². The van der Waals surface area contributed by atoms with Gasteiger partial charge in [0.25, 0.3) is 0 Å².